The van der Waals surface area contributed by atoms with E-state index in [2.05, 4.69) is 23.8 Å². The minimum Gasteiger partial charge on any atom is -0.462 e. The molecule has 0 radical (unpaired) electrons. The molecule has 0 aromatic carbocycles. The second-order valence-electron chi connectivity index (χ2n) is 7.60. The third-order valence-electron chi connectivity index (χ3n) is 3.90. The molecule has 2 unspecified atom stereocenters. The third-order valence-corrected chi connectivity index (χ3v) is 3.90. The van der Waals surface area contributed by atoms with Crippen molar-refractivity contribution in [2.75, 3.05) is 65.8 Å². The lowest BCUT2D eigenvalue weighted by Gasteiger charge is -2.14. The Balaban J connectivity index is 3.36. The molecule has 0 saturated carbocycles. The van der Waals surface area contributed by atoms with Gasteiger partial charge in [-0.05, 0) is 13.8 Å². The van der Waals surface area contributed by atoms with Crippen LogP contribution in [-0.2, 0) is 28.5 Å². The molecule has 30 heavy (non-hydrogen) atoms. The summed E-state index contributed by atoms with van der Waals surface area (Å²) in [6.07, 6.45) is 0. The first-order valence-corrected chi connectivity index (χ1v) is 10.5. The molecule has 0 aromatic rings. The standard InChI is InChI=1S/C22H40N2O6/c1-17(2)21(25)29-15-19(5)13-23-7-9-27-11-12-28-10-8-24-14-20(6)16-30-22(26)18(3)4/h19-20,23-24H,1,3,7-16H2,2,4-6H3. The Labute approximate surface area is 181 Å². The second-order valence-corrected chi connectivity index (χ2v) is 7.60. The zero-order valence-corrected chi connectivity index (χ0v) is 19.1. The van der Waals surface area contributed by atoms with Gasteiger partial charge >= 0.3 is 11.9 Å². The molecular formula is C22H40N2O6. The Bertz CT molecular complexity index is 478. The number of hydrogen-bond donors (Lipinski definition) is 2. The molecule has 2 atom stereocenters. The van der Waals surface area contributed by atoms with Gasteiger partial charge in [0, 0.05) is 49.2 Å². The van der Waals surface area contributed by atoms with E-state index in [-0.39, 0.29) is 23.8 Å². The maximum atomic E-state index is 11.3. The fourth-order valence-corrected chi connectivity index (χ4v) is 2.11. The van der Waals surface area contributed by atoms with Crippen molar-refractivity contribution in [2.24, 2.45) is 11.8 Å². The maximum Gasteiger partial charge on any atom is 0.333 e. The van der Waals surface area contributed by atoms with Gasteiger partial charge in [0.25, 0.3) is 0 Å². The SMILES string of the molecule is C=C(C)C(=O)OCC(C)CNCCOCCOCCNCC(C)COC(=O)C(=C)C. The molecule has 0 bridgehead atoms. The van der Waals surface area contributed by atoms with Crippen LogP contribution in [0.1, 0.15) is 27.7 Å². The molecule has 2 N–H and O–H groups in total. The van der Waals surface area contributed by atoms with Crippen molar-refractivity contribution >= 4 is 11.9 Å². The monoisotopic (exact) mass is 428 g/mol. The largest absolute Gasteiger partial charge is 0.462 e. The molecule has 0 fully saturated rings. The van der Waals surface area contributed by atoms with E-state index in [1.54, 1.807) is 13.8 Å². The highest BCUT2D eigenvalue weighted by atomic mass is 16.5. The number of hydrogen-bond acceptors (Lipinski definition) is 8. The van der Waals surface area contributed by atoms with Gasteiger partial charge in [-0.2, -0.15) is 0 Å². The summed E-state index contributed by atoms with van der Waals surface area (Å²) in [4.78, 5) is 22.6. The zero-order chi connectivity index (χ0) is 22.8. The third kappa shape index (κ3) is 17.1. The van der Waals surface area contributed by atoms with Crippen LogP contribution in [-0.4, -0.2) is 77.8 Å². The minimum atomic E-state index is -0.348. The first-order chi connectivity index (χ1) is 14.2. The van der Waals surface area contributed by atoms with Gasteiger partial charge in [0.2, 0.25) is 0 Å². The van der Waals surface area contributed by atoms with E-state index in [4.69, 9.17) is 18.9 Å². The van der Waals surface area contributed by atoms with Crippen molar-refractivity contribution in [3.63, 3.8) is 0 Å². The number of rotatable bonds is 19. The molecule has 0 aliphatic carbocycles. The van der Waals surface area contributed by atoms with Gasteiger partial charge in [-0.1, -0.05) is 27.0 Å². The van der Waals surface area contributed by atoms with Crippen molar-refractivity contribution in [1.82, 2.24) is 10.6 Å². The van der Waals surface area contributed by atoms with E-state index >= 15 is 0 Å². The summed E-state index contributed by atoms with van der Waals surface area (Å²) < 4.78 is 21.2. The summed E-state index contributed by atoms with van der Waals surface area (Å²) in [5.74, 6) is -0.243. The Morgan fingerprint density at radius 2 is 1.10 bits per heavy atom. The van der Waals surface area contributed by atoms with Crippen LogP contribution in [0.2, 0.25) is 0 Å². The van der Waals surface area contributed by atoms with Crippen LogP contribution in [0.3, 0.4) is 0 Å². The number of esters is 2. The fourth-order valence-electron chi connectivity index (χ4n) is 2.11. The summed E-state index contributed by atoms with van der Waals surface area (Å²) >= 11 is 0. The van der Waals surface area contributed by atoms with Gasteiger partial charge in [-0.15, -0.1) is 0 Å². The lowest BCUT2D eigenvalue weighted by molar-refractivity contribution is -0.140. The Morgan fingerprint density at radius 3 is 1.43 bits per heavy atom. The topological polar surface area (TPSA) is 95.1 Å². The van der Waals surface area contributed by atoms with Crippen molar-refractivity contribution in [3.05, 3.63) is 24.3 Å². The summed E-state index contributed by atoms with van der Waals surface area (Å²) in [6, 6.07) is 0. The van der Waals surface area contributed by atoms with Gasteiger partial charge in [-0.3, -0.25) is 0 Å². The Hall–Kier alpha value is -1.74. The number of carbonyl (C=O) groups is 2. The zero-order valence-electron chi connectivity index (χ0n) is 19.1. The predicted molar refractivity (Wildman–Crippen MR) is 117 cm³/mol. The van der Waals surface area contributed by atoms with Crippen molar-refractivity contribution in [1.29, 1.82) is 0 Å². The van der Waals surface area contributed by atoms with Crippen molar-refractivity contribution in [2.45, 2.75) is 27.7 Å². The number of ether oxygens (including phenoxy) is 4. The van der Waals surface area contributed by atoms with E-state index in [9.17, 15) is 9.59 Å². The van der Waals surface area contributed by atoms with E-state index in [1.165, 1.54) is 0 Å². The molecular weight excluding hydrogens is 388 g/mol. The molecule has 0 rings (SSSR count). The van der Waals surface area contributed by atoms with Crippen LogP contribution >= 0.6 is 0 Å². The highest BCUT2D eigenvalue weighted by molar-refractivity contribution is 5.87. The summed E-state index contributed by atoms with van der Waals surface area (Å²) in [7, 11) is 0. The van der Waals surface area contributed by atoms with Crippen LogP contribution in [0.25, 0.3) is 0 Å². The lowest BCUT2D eigenvalue weighted by Crippen LogP contribution is -2.29. The molecule has 0 aliphatic heterocycles. The van der Waals surface area contributed by atoms with E-state index in [0.717, 1.165) is 26.2 Å². The van der Waals surface area contributed by atoms with Gasteiger partial charge in [0.05, 0.1) is 39.6 Å². The minimum absolute atomic E-state index is 0.227. The maximum absolute atomic E-state index is 11.3. The first-order valence-electron chi connectivity index (χ1n) is 10.5. The van der Waals surface area contributed by atoms with Crippen molar-refractivity contribution < 1.29 is 28.5 Å². The molecule has 0 aliphatic rings. The van der Waals surface area contributed by atoms with Gasteiger partial charge in [-0.25, -0.2) is 9.59 Å². The quantitative estimate of drug-likeness (QED) is 0.182. The van der Waals surface area contributed by atoms with Crippen LogP contribution < -0.4 is 10.6 Å². The molecule has 0 saturated heterocycles. The molecule has 0 aromatic heterocycles. The van der Waals surface area contributed by atoms with Gasteiger partial charge < -0.3 is 29.6 Å². The summed E-state index contributed by atoms with van der Waals surface area (Å²) in [6.45, 7) is 20.4. The van der Waals surface area contributed by atoms with Crippen LogP contribution in [0.4, 0.5) is 0 Å². The predicted octanol–water partition coefficient (Wildman–Crippen LogP) is 1.71. The Kier molecular flexibility index (Phi) is 17.0. The van der Waals surface area contributed by atoms with Crippen LogP contribution in [0.5, 0.6) is 0 Å². The molecule has 0 amide bonds. The number of carbonyl (C=O) groups excluding carboxylic acids is 2. The Morgan fingerprint density at radius 1 is 0.733 bits per heavy atom. The molecule has 0 heterocycles. The average molecular weight is 429 g/mol. The summed E-state index contributed by atoms with van der Waals surface area (Å²) in [5, 5.41) is 6.53. The second kappa shape index (κ2) is 18.1. The smallest absolute Gasteiger partial charge is 0.333 e. The molecule has 174 valence electrons. The fraction of sp³-hybridized carbons (Fsp3) is 0.727. The number of nitrogens with one attached hydrogen (secondary N) is 2. The normalized spacial score (nSPS) is 12.8. The van der Waals surface area contributed by atoms with Crippen molar-refractivity contribution in [3.8, 4) is 0 Å². The molecule has 8 heteroatoms. The lowest BCUT2D eigenvalue weighted by atomic mass is 10.2. The highest BCUT2D eigenvalue weighted by Crippen LogP contribution is 1.99. The van der Waals surface area contributed by atoms with E-state index < -0.39 is 0 Å². The van der Waals surface area contributed by atoms with E-state index in [0.29, 0.717) is 50.8 Å². The average Bonchev–Trinajstić information content (AvgIpc) is 2.70. The van der Waals surface area contributed by atoms with Crippen LogP contribution in [0, 0.1) is 11.8 Å². The van der Waals surface area contributed by atoms with Crippen LogP contribution in [0.15, 0.2) is 24.3 Å². The van der Waals surface area contributed by atoms with Gasteiger partial charge in [0.1, 0.15) is 0 Å². The summed E-state index contributed by atoms with van der Waals surface area (Å²) in [5.41, 5.74) is 0.829. The molecule has 0 spiro atoms. The van der Waals surface area contributed by atoms with E-state index in [1.807, 2.05) is 13.8 Å². The first kappa shape index (κ1) is 28.3. The van der Waals surface area contributed by atoms with Gasteiger partial charge in [0.15, 0.2) is 0 Å². The molecule has 8 nitrogen and oxygen atoms in total. The highest BCUT2D eigenvalue weighted by Gasteiger charge is 2.08.